The van der Waals surface area contributed by atoms with Gasteiger partial charge in [0.05, 0.1) is 0 Å². The van der Waals surface area contributed by atoms with E-state index in [2.05, 4.69) is 17.3 Å². The summed E-state index contributed by atoms with van der Waals surface area (Å²) in [6.07, 6.45) is 7.31. The molecule has 0 bridgehead atoms. The molecule has 3 aliphatic rings. The smallest absolute Gasteiger partial charge is 0.0346 e. The summed E-state index contributed by atoms with van der Waals surface area (Å²) in [6, 6.07) is 0. The highest BCUT2D eigenvalue weighted by molar-refractivity contribution is 5.06. The Morgan fingerprint density at radius 3 is 2.86 bits per heavy atom. The van der Waals surface area contributed by atoms with Crippen LogP contribution in [-0.2, 0) is 0 Å². The van der Waals surface area contributed by atoms with E-state index < -0.39 is 0 Å². The first-order valence-corrected chi connectivity index (χ1v) is 6.24. The summed E-state index contributed by atoms with van der Waals surface area (Å²) in [5.74, 6) is 2.01. The predicted molar refractivity (Wildman–Crippen MR) is 58.3 cm³/mol. The molecular formula is C12H22N2. The number of likely N-dealkylation sites (tertiary alicyclic amines) is 1. The molecule has 1 heterocycles. The molecule has 1 saturated heterocycles. The van der Waals surface area contributed by atoms with Gasteiger partial charge in [-0.15, -0.1) is 0 Å². The number of hydrogen-bond donors (Lipinski definition) is 1. The Bertz CT molecular complexity index is 224. The van der Waals surface area contributed by atoms with Crippen molar-refractivity contribution in [3.63, 3.8) is 0 Å². The zero-order valence-electron chi connectivity index (χ0n) is 9.26. The molecule has 0 spiro atoms. The molecule has 0 aromatic rings. The fourth-order valence-corrected chi connectivity index (χ4v) is 3.61. The third-order valence-corrected chi connectivity index (χ3v) is 4.65. The lowest BCUT2D eigenvalue weighted by molar-refractivity contribution is 0.275. The van der Waals surface area contributed by atoms with E-state index in [9.17, 15) is 0 Å². The summed E-state index contributed by atoms with van der Waals surface area (Å²) >= 11 is 0. The van der Waals surface area contributed by atoms with Gasteiger partial charge < -0.3 is 10.2 Å². The van der Waals surface area contributed by atoms with Crippen LogP contribution in [0, 0.1) is 11.8 Å². The van der Waals surface area contributed by atoms with Gasteiger partial charge in [-0.3, -0.25) is 0 Å². The maximum Gasteiger partial charge on any atom is 0.0346 e. The number of rotatable bonds is 3. The average Bonchev–Trinajstić information content (AvgIpc) is 2.76. The summed E-state index contributed by atoms with van der Waals surface area (Å²) < 4.78 is 0. The van der Waals surface area contributed by atoms with Gasteiger partial charge >= 0.3 is 0 Å². The van der Waals surface area contributed by atoms with Gasteiger partial charge in [0.2, 0.25) is 0 Å². The molecule has 2 heteroatoms. The van der Waals surface area contributed by atoms with E-state index in [-0.39, 0.29) is 0 Å². The molecule has 14 heavy (non-hydrogen) atoms. The van der Waals surface area contributed by atoms with Crippen LogP contribution in [0.15, 0.2) is 0 Å². The second-order valence-electron chi connectivity index (χ2n) is 5.63. The number of fused-ring (bicyclic) bond motifs is 1. The number of likely N-dealkylation sites (N-methyl/N-ethyl adjacent to an activating group) is 1. The highest BCUT2D eigenvalue weighted by Gasteiger charge is 2.48. The Balaban J connectivity index is 1.65. The number of nitrogens with one attached hydrogen (secondary N) is 1. The van der Waals surface area contributed by atoms with Crippen molar-refractivity contribution in [2.45, 2.75) is 37.6 Å². The van der Waals surface area contributed by atoms with Crippen LogP contribution in [0.2, 0.25) is 0 Å². The van der Waals surface area contributed by atoms with Gasteiger partial charge in [0.1, 0.15) is 0 Å². The zero-order valence-corrected chi connectivity index (χ0v) is 9.26. The minimum absolute atomic E-state index is 0.509. The summed E-state index contributed by atoms with van der Waals surface area (Å²) in [7, 11) is 2.17. The Kier molecular flexibility index (Phi) is 2.10. The minimum Gasteiger partial charge on any atom is -0.313 e. The van der Waals surface area contributed by atoms with Crippen molar-refractivity contribution in [3.05, 3.63) is 0 Å². The summed E-state index contributed by atoms with van der Waals surface area (Å²) in [5.41, 5.74) is 0.509. The molecular weight excluding hydrogens is 172 g/mol. The SMILES string of the molecule is CN[C@]12CCC[C@H]1CN(CC1CC1)C2. The maximum atomic E-state index is 3.62. The molecule has 80 valence electrons. The van der Waals surface area contributed by atoms with Crippen LogP contribution >= 0.6 is 0 Å². The Morgan fingerprint density at radius 1 is 1.36 bits per heavy atom. The Morgan fingerprint density at radius 2 is 2.21 bits per heavy atom. The van der Waals surface area contributed by atoms with Crippen molar-refractivity contribution < 1.29 is 0 Å². The Labute approximate surface area is 87.0 Å². The molecule has 1 aliphatic heterocycles. The van der Waals surface area contributed by atoms with Crippen LogP contribution in [0.4, 0.5) is 0 Å². The van der Waals surface area contributed by atoms with E-state index in [1.54, 1.807) is 0 Å². The third kappa shape index (κ3) is 1.40. The lowest BCUT2D eigenvalue weighted by atomic mass is 9.91. The van der Waals surface area contributed by atoms with Gasteiger partial charge in [-0.1, -0.05) is 6.42 Å². The average molecular weight is 194 g/mol. The topological polar surface area (TPSA) is 15.3 Å². The molecule has 2 saturated carbocycles. The van der Waals surface area contributed by atoms with Gasteiger partial charge in [-0.25, -0.2) is 0 Å². The van der Waals surface area contributed by atoms with Crippen LogP contribution in [0.3, 0.4) is 0 Å². The second kappa shape index (κ2) is 3.21. The third-order valence-electron chi connectivity index (χ3n) is 4.65. The lowest BCUT2D eigenvalue weighted by Gasteiger charge is -2.28. The molecule has 1 N–H and O–H groups in total. The first kappa shape index (κ1) is 9.17. The van der Waals surface area contributed by atoms with Crippen molar-refractivity contribution in [2.24, 2.45) is 11.8 Å². The largest absolute Gasteiger partial charge is 0.313 e. The van der Waals surface area contributed by atoms with Crippen LogP contribution < -0.4 is 5.32 Å². The Hall–Kier alpha value is -0.0800. The van der Waals surface area contributed by atoms with Gasteiger partial charge in [-0.2, -0.15) is 0 Å². The zero-order chi connectivity index (χ0) is 9.60. The molecule has 0 unspecified atom stereocenters. The number of nitrogens with zero attached hydrogens (tertiary/aromatic N) is 1. The molecule has 0 aromatic heterocycles. The monoisotopic (exact) mass is 194 g/mol. The number of hydrogen-bond acceptors (Lipinski definition) is 2. The normalized spacial score (nSPS) is 43.1. The van der Waals surface area contributed by atoms with Crippen molar-refractivity contribution in [3.8, 4) is 0 Å². The summed E-state index contributed by atoms with van der Waals surface area (Å²) in [6.45, 7) is 4.09. The van der Waals surface area contributed by atoms with Gasteiger partial charge in [0, 0.05) is 25.2 Å². The highest BCUT2D eigenvalue weighted by atomic mass is 15.2. The molecule has 3 fully saturated rings. The standard InChI is InChI=1S/C12H22N2/c1-13-12-6-2-3-11(12)8-14(9-12)7-10-4-5-10/h10-11,13H,2-9H2,1H3/t11-,12-/m0/s1. The van der Waals surface area contributed by atoms with E-state index in [1.807, 2.05) is 0 Å². The predicted octanol–water partition coefficient (Wildman–Crippen LogP) is 1.47. The lowest BCUT2D eigenvalue weighted by Crippen LogP contribution is -2.47. The molecule has 2 atom stereocenters. The van der Waals surface area contributed by atoms with Crippen molar-refractivity contribution in [2.75, 3.05) is 26.7 Å². The van der Waals surface area contributed by atoms with Crippen LogP contribution in [-0.4, -0.2) is 37.1 Å². The fourth-order valence-electron chi connectivity index (χ4n) is 3.61. The molecule has 2 aliphatic carbocycles. The van der Waals surface area contributed by atoms with Crippen molar-refractivity contribution in [1.82, 2.24) is 10.2 Å². The highest BCUT2D eigenvalue weighted by Crippen LogP contribution is 2.42. The van der Waals surface area contributed by atoms with Gasteiger partial charge in [-0.05, 0) is 44.6 Å². The van der Waals surface area contributed by atoms with E-state index in [1.165, 1.54) is 51.7 Å². The molecule has 3 rings (SSSR count). The second-order valence-corrected chi connectivity index (χ2v) is 5.63. The summed E-state index contributed by atoms with van der Waals surface area (Å²) in [5, 5.41) is 3.62. The van der Waals surface area contributed by atoms with E-state index in [0.717, 1.165) is 11.8 Å². The quantitative estimate of drug-likeness (QED) is 0.732. The van der Waals surface area contributed by atoms with Crippen LogP contribution in [0.5, 0.6) is 0 Å². The molecule has 2 nitrogen and oxygen atoms in total. The van der Waals surface area contributed by atoms with Gasteiger partial charge in [0.25, 0.3) is 0 Å². The van der Waals surface area contributed by atoms with Crippen LogP contribution in [0.1, 0.15) is 32.1 Å². The summed E-state index contributed by atoms with van der Waals surface area (Å²) in [4.78, 5) is 2.72. The van der Waals surface area contributed by atoms with Crippen molar-refractivity contribution >= 4 is 0 Å². The maximum absolute atomic E-state index is 3.62. The van der Waals surface area contributed by atoms with E-state index >= 15 is 0 Å². The van der Waals surface area contributed by atoms with Gasteiger partial charge in [0.15, 0.2) is 0 Å². The van der Waals surface area contributed by atoms with Crippen molar-refractivity contribution in [1.29, 1.82) is 0 Å². The van der Waals surface area contributed by atoms with E-state index in [4.69, 9.17) is 0 Å². The minimum atomic E-state index is 0.509. The fraction of sp³-hybridized carbons (Fsp3) is 1.00. The first-order chi connectivity index (χ1) is 6.82. The van der Waals surface area contributed by atoms with Crippen LogP contribution in [0.25, 0.3) is 0 Å². The first-order valence-electron chi connectivity index (χ1n) is 6.24. The molecule has 0 aromatic carbocycles. The molecule has 0 radical (unpaired) electrons. The van der Waals surface area contributed by atoms with E-state index in [0.29, 0.717) is 5.54 Å². The molecule has 0 amide bonds.